The van der Waals surface area contributed by atoms with Gasteiger partial charge < -0.3 is 10.5 Å². The fourth-order valence-electron chi connectivity index (χ4n) is 3.26. The molecule has 2 aromatic rings. The number of fused-ring (bicyclic) bond motifs is 1. The van der Waals surface area contributed by atoms with Gasteiger partial charge in [-0.15, -0.1) is 0 Å². The molecule has 26 heavy (non-hydrogen) atoms. The number of methoxy groups -OCH3 is 1. The molecule has 0 fully saturated rings. The maximum Gasteiger partial charge on any atom is 0.161 e. The van der Waals surface area contributed by atoms with Crippen molar-refractivity contribution in [1.29, 1.82) is 0 Å². The SMILES string of the molecule is CCCN(CCOC)Cc1cccc(-c2nc(N)c3c(n2)CCSC3)c1. The van der Waals surface area contributed by atoms with E-state index >= 15 is 0 Å². The summed E-state index contributed by atoms with van der Waals surface area (Å²) in [7, 11) is 1.75. The number of nitrogen functional groups attached to an aromatic ring is 1. The van der Waals surface area contributed by atoms with Crippen molar-refractivity contribution in [3.8, 4) is 11.4 Å². The highest BCUT2D eigenvalue weighted by molar-refractivity contribution is 7.98. The Morgan fingerprint density at radius 3 is 2.96 bits per heavy atom. The van der Waals surface area contributed by atoms with Crippen molar-refractivity contribution < 1.29 is 4.74 Å². The number of nitrogens with zero attached hydrogens (tertiary/aromatic N) is 3. The topological polar surface area (TPSA) is 64.3 Å². The van der Waals surface area contributed by atoms with E-state index in [9.17, 15) is 0 Å². The Morgan fingerprint density at radius 1 is 1.27 bits per heavy atom. The van der Waals surface area contributed by atoms with E-state index in [2.05, 4.69) is 41.1 Å². The second kappa shape index (κ2) is 9.35. The summed E-state index contributed by atoms with van der Waals surface area (Å²) in [6.45, 7) is 5.87. The van der Waals surface area contributed by atoms with Crippen molar-refractivity contribution in [3.05, 3.63) is 41.1 Å². The molecule has 6 heteroatoms. The lowest BCUT2D eigenvalue weighted by Crippen LogP contribution is -2.27. The molecule has 0 bridgehead atoms. The number of nitrogens with two attached hydrogens (primary N) is 1. The predicted molar refractivity (Wildman–Crippen MR) is 109 cm³/mol. The normalized spacial score (nSPS) is 13.8. The maximum atomic E-state index is 6.21. The third-order valence-electron chi connectivity index (χ3n) is 4.60. The summed E-state index contributed by atoms with van der Waals surface area (Å²) in [5.74, 6) is 3.41. The fraction of sp³-hybridized carbons (Fsp3) is 0.500. The molecular formula is C20H28N4OS. The Balaban J connectivity index is 1.81. The molecule has 0 amide bonds. The van der Waals surface area contributed by atoms with Crippen molar-refractivity contribution in [2.24, 2.45) is 0 Å². The van der Waals surface area contributed by atoms with Crippen molar-refractivity contribution in [1.82, 2.24) is 14.9 Å². The molecular weight excluding hydrogens is 344 g/mol. The smallest absolute Gasteiger partial charge is 0.161 e. The summed E-state index contributed by atoms with van der Waals surface area (Å²) >= 11 is 1.90. The average Bonchev–Trinajstić information content (AvgIpc) is 2.66. The van der Waals surface area contributed by atoms with Gasteiger partial charge in [-0.25, -0.2) is 9.97 Å². The first-order chi connectivity index (χ1) is 12.7. The van der Waals surface area contributed by atoms with Crippen LogP contribution in [-0.2, 0) is 23.5 Å². The second-order valence-electron chi connectivity index (χ2n) is 6.63. The highest BCUT2D eigenvalue weighted by atomic mass is 32.2. The number of benzene rings is 1. The van der Waals surface area contributed by atoms with E-state index < -0.39 is 0 Å². The van der Waals surface area contributed by atoms with E-state index in [4.69, 9.17) is 15.5 Å². The van der Waals surface area contributed by atoms with Crippen molar-refractivity contribution in [3.63, 3.8) is 0 Å². The Bertz CT molecular complexity index is 738. The zero-order chi connectivity index (χ0) is 18.4. The van der Waals surface area contributed by atoms with Crippen LogP contribution in [0.15, 0.2) is 24.3 Å². The van der Waals surface area contributed by atoms with Gasteiger partial charge in [0.25, 0.3) is 0 Å². The first-order valence-corrected chi connectivity index (χ1v) is 10.4. The van der Waals surface area contributed by atoms with Gasteiger partial charge in [-0.2, -0.15) is 11.8 Å². The monoisotopic (exact) mass is 372 g/mol. The molecule has 1 aliphatic heterocycles. The quantitative estimate of drug-likeness (QED) is 0.766. The molecule has 1 aromatic heterocycles. The van der Waals surface area contributed by atoms with E-state index in [1.807, 2.05) is 11.8 Å². The molecule has 1 aliphatic rings. The number of ether oxygens (including phenoxy) is 1. The van der Waals surface area contributed by atoms with E-state index in [0.29, 0.717) is 5.82 Å². The van der Waals surface area contributed by atoms with Gasteiger partial charge in [-0.3, -0.25) is 4.90 Å². The number of rotatable bonds is 8. The molecule has 0 unspecified atom stereocenters. The van der Waals surface area contributed by atoms with Gasteiger partial charge >= 0.3 is 0 Å². The average molecular weight is 373 g/mol. The van der Waals surface area contributed by atoms with Crippen LogP contribution in [0.1, 0.15) is 30.2 Å². The van der Waals surface area contributed by atoms with E-state index in [0.717, 1.165) is 73.2 Å². The highest BCUT2D eigenvalue weighted by Crippen LogP contribution is 2.29. The minimum atomic E-state index is 0.635. The van der Waals surface area contributed by atoms with Gasteiger partial charge in [0.05, 0.1) is 12.3 Å². The van der Waals surface area contributed by atoms with Crippen molar-refractivity contribution in [2.75, 3.05) is 38.3 Å². The minimum Gasteiger partial charge on any atom is -0.383 e. The lowest BCUT2D eigenvalue weighted by atomic mass is 10.1. The third kappa shape index (κ3) is 4.75. The van der Waals surface area contributed by atoms with Gasteiger partial charge in [-0.1, -0.05) is 25.1 Å². The molecule has 3 rings (SSSR count). The molecule has 140 valence electrons. The van der Waals surface area contributed by atoms with E-state index in [1.165, 1.54) is 5.56 Å². The number of aromatic nitrogens is 2. The highest BCUT2D eigenvalue weighted by Gasteiger charge is 2.17. The van der Waals surface area contributed by atoms with Crippen LogP contribution in [0.25, 0.3) is 11.4 Å². The molecule has 1 aromatic carbocycles. The molecule has 0 aliphatic carbocycles. The lowest BCUT2D eigenvalue weighted by molar-refractivity contribution is 0.144. The molecule has 2 heterocycles. The zero-order valence-corrected chi connectivity index (χ0v) is 16.5. The number of hydrogen-bond acceptors (Lipinski definition) is 6. The van der Waals surface area contributed by atoms with Gasteiger partial charge in [0, 0.05) is 37.1 Å². The molecule has 0 atom stereocenters. The molecule has 0 spiro atoms. The fourth-order valence-corrected chi connectivity index (χ4v) is 4.26. The largest absolute Gasteiger partial charge is 0.383 e. The maximum absolute atomic E-state index is 6.21. The predicted octanol–water partition coefficient (Wildman–Crippen LogP) is 3.37. The summed E-state index contributed by atoms with van der Waals surface area (Å²) < 4.78 is 5.24. The first kappa shape index (κ1) is 19.1. The van der Waals surface area contributed by atoms with Crippen LogP contribution in [0.2, 0.25) is 0 Å². The number of anilines is 1. The zero-order valence-electron chi connectivity index (χ0n) is 15.7. The minimum absolute atomic E-state index is 0.635. The Labute approximate surface area is 160 Å². The summed E-state index contributed by atoms with van der Waals surface area (Å²) in [5, 5.41) is 0. The molecule has 0 saturated heterocycles. The Morgan fingerprint density at radius 2 is 2.15 bits per heavy atom. The Hall–Kier alpha value is -1.63. The molecule has 0 radical (unpaired) electrons. The summed E-state index contributed by atoms with van der Waals surface area (Å²) in [6.07, 6.45) is 2.10. The van der Waals surface area contributed by atoms with Crippen LogP contribution in [0, 0.1) is 0 Å². The van der Waals surface area contributed by atoms with E-state index in [-0.39, 0.29) is 0 Å². The third-order valence-corrected chi connectivity index (χ3v) is 5.58. The Kier molecular flexibility index (Phi) is 6.88. The number of aryl methyl sites for hydroxylation is 1. The molecule has 5 nitrogen and oxygen atoms in total. The standard InChI is InChI=1S/C20H28N4OS/c1-3-8-24(9-10-25-2)13-15-5-4-6-16(12-15)20-22-18-7-11-26-14-17(18)19(21)23-20/h4-6,12H,3,7-11,13-14H2,1-2H3,(H2,21,22,23). The summed E-state index contributed by atoms with van der Waals surface area (Å²) in [6, 6.07) is 8.51. The number of hydrogen-bond donors (Lipinski definition) is 1. The van der Waals surface area contributed by atoms with Gasteiger partial charge in [0.2, 0.25) is 0 Å². The van der Waals surface area contributed by atoms with Crippen LogP contribution in [0.3, 0.4) is 0 Å². The first-order valence-electron chi connectivity index (χ1n) is 9.25. The van der Waals surface area contributed by atoms with Crippen molar-refractivity contribution >= 4 is 17.6 Å². The van der Waals surface area contributed by atoms with Crippen LogP contribution in [0.4, 0.5) is 5.82 Å². The summed E-state index contributed by atoms with van der Waals surface area (Å²) in [5.41, 5.74) is 10.7. The second-order valence-corrected chi connectivity index (χ2v) is 7.73. The van der Waals surface area contributed by atoms with Gasteiger partial charge in [-0.05, 0) is 36.8 Å². The van der Waals surface area contributed by atoms with Crippen LogP contribution < -0.4 is 5.73 Å². The van der Waals surface area contributed by atoms with Gasteiger partial charge in [0.1, 0.15) is 5.82 Å². The lowest BCUT2D eigenvalue weighted by Gasteiger charge is -2.21. The molecule has 0 saturated carbocycles. The van der Waals surface area contributed by atoms with Gasteiger partial charge in [0.15, 0.2) is 5.82 Å². The van der Waals surface area contributed by atoms with Crippen LogP contribution in [0.5, 0.6) is 0 Å². The summed E-state index contributed by atoms with van der Waals surface area (Å²) in [4.78, 5) is 11.8. The van der Waals surface area contributed by atoms with Crippen molar-refractivity contribution in [2.45, 2.75) is 32.1 Å². The van der Waals surface area contributed by atoms with Crippen LogP contribution in [-0.4, -0.2) is 47.4 Å². The molecule has 2 N–H and O–H groups in total. The van der Waals surface area contributed by atoms with E-state index in [1.54, 1.807) is 7.11 Å². The number of thioether (sulfide) groups is 1. The van der Waals surface area contributed by atoms with Crippen LogP contribution >= 0.6 is 11.8 Å².